The van der Waals surface area contributed by atoms with Crippen LogP contribution >= 0.6 is 0 Å². The molecular formula is C23H20N2O4. The lowest BCUT2D eigenvalue weighted by Crippen LogP contribution is -2.28. The van der Waals surface area contributed by atoms with Crippen molar-refractivity contribution in [3.05, 3.63) is 66.2 Å². The van der Waals surface area contributed by atoms with Gasteiger partial charge < -0.3 is 14.8 Å². The van der Waals surface area contributed by atoms with Crippen molar-refractivity contribution < 1.29 is 19.1 Å². The highest BCUT2D eigenvalue weighted by molar-refractivity contribution is 6.17. The van der Waals surface area contributed by atoms with E-state index in [9.17, 15) is 14.9 Å². The number of nitrogens with one attached hydrogen (secondary N) is 1. The Kier molecular flexibility index (Phi) is 6.10. The molecule has 29 heavy (non-hydrogen) atoms. The van der Waals surface area contributed by atoms with Crippen molar-refractivity contribution in [3.63, 3.8) is 0 Å². The van der Waals surface area contributed by atoms with Gasteiger partial charge in [0.15, 0.2) is 23.2 Å². The van der Waals surface area contributed by atoms with E-state index in [0.29, 0.717) is 23.8 Å². The lowest BCUT2D eigenvalue weighted by Gasteiger charge is -2.13. The Morgan fingerprint density at radius 1 is 1.07 bits per heavy atom. The molecule has 6 nitrogen and oxygen atoms in total. The molecule has 1 unspecified atom stereocenters. The monoisotopic (exact) mass is 388 g/mol. The third kappa shape index (κ3) is 4.19. The van der Waals surface area contributed by atoms with E-state index in [1.165, 1.54) is 19.2 Å². The van der Waals surface area contributed by atoms with Gasteiger partial charge in [-0.1, -0.05) is 36.4 Å². The van der Waals surface area contributed by atoms with Crippen molar-refractivity contribution in [2.45, 2.75) is 6.92 Å². The van der Waals surface area contributed by atoms with Crippen LogP contribution in [-0.4, -0.2) is 25.4 Å². The van der Waals surface area contributed by atoms with Crippen LogP contribution < -0.4 is 14.8 Å². The number of ketones is 1. The van der Waals surface area contributed by atoms with Crippen LogP contribution in [0.1, 0.15) is 17.3 Å². The van der Waals surface area contributed by atoms with Crippen LogP contribution in [0.25, 0.3) is 10.8 Å². The molecule has 0 aromatic heterocycles. The first kappa shape index (κ1) is 19.9. The zero-order valence-electron chi connectivity index (χ0n) is 16.1. The van der Waals surface area contributed by atoms with Gasteiger partial charge in [0.25, 0.3) is 0 Å². The minimum atomic E-state index is -1.49. The zero-order valence-corrected chi connectivity index (χ0v) is 16.1. The molecule has 0 aliphatic carbocycles. The molecule has 3 aromatic rings. The van der Waals surface area contributed by atoms with Crippen molar-refractivity contribution in [3.8, 4) is 17.6 Å². The SMILES string of the molecule is CCOc1ccc(C(=O)C(C#N)C(=O)Nc2cccc3ccccc23)cc1OC. The molecule has 3 aromatic carbocycles. The van der Waals surface area contributed by atoms with Gasteiger partial charge in [0, 0.05) is 16.6 Å². The summed E-state index contributed by atoms with van der Waals surface area (Å²) in [5, 5.41) is 14.0. The highest BCUT2D eigenvalue weighted by Gasteiger charge is 2.28. The first-order valence-corrected chi connectivity index (χ1v) is 9.12. The summed E-state index contributed by atoms with van der Waals surface area (Å²) in [6.07, 6.45) is 0. The van der Waals surface area contributed by atoms with Crippen LogP contribution in [0.5, 0.6) is 11.5 Å². The first-order valence-electron chi connectivity index (χ1n) is 9.12. The lowest BCUT2D eigenvalue weighted by molar-refractivity contribution is -0.117. The summed E-state index contributed by atoms with van der Waals surface area (Å²) in [7, 11) is 1.46. The smallest absolute Gasteiger partial charge is 0.249 e. The van der Waals surface area contributed by atoms with Gasteiger partial charge in [0.05, 0.1) is 19.8 Å². The van der Waals surface area contributed by atoms with E-state index >= 15 is 0 Å². The summed E-state index contributed by atoms with van der Waals surface area (Å²) in [6.45, 7) is 2.28. The number of amides is 1. The second-order valence-corrected chi connectivity index (χ2v) is 6.24. The molecule has 0 heterocycles. The maximum Gasteiger partial charge on any atom is 0.249 e. The molecule has 1 atom stereocenters. The van der Waals surface area contributed by atoms with Gasteiger partial charge in [-0.2, -0.15) is 5.26 Å². The van der Waals surface area contributed by atoms with E-state index in [-0.39, 0.29) is 5.56 Å². The number of ether oxygens (including phenoxy) is 2. The Balaban J connectivity index is 1.86. The fourth-order valence-electron chi connectivity index (χ4n) is 3.04. The quantitative estimate of drug-likeness (QED) is 0.484. The van der Waals surface area contributed by atoms with Gasteiger partial charge >= 0.3 is 0 Å². The number of carbonyl (C=O) groups excluding carboxylic acids is 2. The van der Waals surface area contributed by atoms with Crippen molar-refractivity contribution in [1.82, 2.24) is 0 Å². The fraction of sp³-hybridized carbons (Fsp3) is 0.174. The summed E-state index contributed by atoms with van der Waals surface area (Å²) in [5.74, 6) is -1.92. The molecule has 6 heteroatoms. The van der Waals surface area contributed by atoms with E-state index in [2.05, 4.69) is 5.32 Å². The zero-order chi connectivity index (χ0) is 20.8. The maximum absolute atomic E-state index is 12.8. The van der Waals surface area contributed by atoms with Crippen molar-refractivity contribution in [1.29, 1.82) is 5.26 Å². The van der Waals surface area contributed by atoms with Crippen molar-refractivity contribution >= 4 is 28.2 Å². The summed E-state index contributed by atoms with van der Waals surface area (Å²) in [4.78, 5) is 25.5. The number of nitriles is 1. The number of carbonyl (C=O) groups is 2. The van der Waals surface area contributed by atoms with E-state index in [0.717, 1.165) is 10.8 Å². The third-order valence-corrected chi connectivity index (χ3v) is 4.45. The molecule has 146 valence electrons. The number of fused-ring (bicyclic) bond motifs is 1. The molecule has 0 radical (unpaired) electrons. The Bertz CT molecular complexity index is 1100. The number of hydrogen-bond donors (Lipinski definition) is 1. The predicted octanol–water partition coefficient (Wildman–Crippen LogP) is 4.21. The second-order valence-electron chi connectivity index (χ2n) is 6.24. The van der Waals surface area contributed by atoms with Gasteiger partial charge in [-0.05, 0) is 36.6 Å². The highest BCUT2D eigenvalue weighted by Crippen LogP contribution is 2.29. The Morgan fingerprint density at radius 2 is 1.83 bits per heavy atom. The number of anilines is 1. The average molecular weight is 388 g/mol. The van der Waals surface area contributed by atoms with Gasteiger partial charge in [-0.25, -0.2) is 0 Å². The number of methoxy groups -OCH3 is 1. The molecule has 0 saturated heterocycles. The standard InChI is InChI=1S/C23H20N2O4/c1-3-29-20-12-11-16(13-21(20)28-2)22(26)18(14-24)23(27)25-19-10-6-8-15-7-4-5-9-17(15)19/h4-13,18H,3H2,1-2H3,(H,25,27). The number of hydrogen-bond acceptors (Lipinski definition) is 5. The van der Waals surface area contributed by atoms with E-state index < -0.39 is 17.6 Å². The van der Waals surface area contributed by atoms with E-state index in [4.69, 9.17) is 9.47 Å². The molecular weight excluding hydrogens is 368 g/mol. The minimum absolute atomic E-state index is 0.199. The van der Waals surface area contributed by atoms with Crippen molar-refractivity contribution in [2.24, 2.45) is 5.92 Å². The van der Waals surface area contributed by atoms with Crippen molar-refractivity contribution in [2.75, 3.05) is 19.0 Å². The predicted molar refractivity (Wildman–Crippen MR) is 110 cm³/mol. The summed E-state index contributed by atoms with van der Waals surface area (Å²) in [6, 6.07) is 19.4. The average Bonchev–Trinajstić information content (AvgIpc) is 2.75. The van der Waals surface area contributed by atoms with Gasteiger partial charge in [-0.3, -0.25) is 9.59 Å². The molecule has 0 fully saturated rings. The second kappa shape index (κ2) is 8.89. The summed E-state index contributed by atoms with van der Waals surface area (Å²) >= 11 is 0. The number of benzene rings is 3. The van der Waals surface area contributed by atoms with Crippen LogP contribution in [0.3, 0.4) is 0 Å². The van der Waals surface area contributed by atoms with Crippen LogP contribution in [0.4, 0.5) is 5.69 Å². The van der Waals surface area contributed by atoms with Crippen LogP contribution in [0.2, 0.25) is 0 Å². The summed E-state index contributed by atoms with van der Waals surface area (Å²) < 4.78 is 10.7. The first-order chi connectivity index (χ1) is 14.1. The minimum Gasteiger partial charge on any atom is -0.493 e. The largest absolute Gasteiger partial charge is 0.493 e. The molecule has 0 saturated carbocycles. The molecule has 1 N–H and O–H groups in total. The highest BCUT2D eigenvalue weighted by atomic mass is 16.5. The van der Waals surface area contributed by atoms with E-state index in [1.807, 2.05) is 43.3 Å². The van der Waals surface area contributed by atoms with Gasteiger partial charge in [0.1, 0.15) is 0 Å². The maximum atomic E-state index is 12.8. The Labute approximate surface area is 168 Å². The third-order valence-electron chi connectivity index (χ3n) is 4.45. The van der Waals surface area contributed by atoms with Gasteiger partial charge in [0.2, 0.25) is 5.91 Å². The van der Waals surface area contributed by atoms with Crippen LogP contribution in [-0.2, 0) is 4.79 Å². The Morgan fingerprint density at radius 3 is 2.55 bits per heavy atom. The molecule has 0 spiro atoms. The molecule has 1 amide bonds. The number of nitrogens with zero attached hydrogens (tertiary/aromatic N) is 1. The number of rotatable bonds is 7. The fourth-order valence-corrected chi connectivity index (χ4v) is 3.04. The molecule has 0 bridgehead atoms. The van der Waals surface area contributed by atoms with Crippen LogP contribution in [0.15, 0.2) is 60.7 Å². The van der Waals surface area contributed by atoms with Gasteiger partial charge in [-0.15, -0.1) is 0 Å². The lowest BCUT2D eigenvalue weighted by atomic mass is 9.97. The number of Topliss-reactive ketones (excluding diaryl/α,β-unsaturated/α-hetero) is 1. The molecule has 3 rings (SSSR count). The Hall–Kier alpha value is -3.85. The summed E-state index contributed by atoms with van der Waals surface area (Å²) in [5.41, 5.74) is 0.746. The molecule has 0 aliphatic heterocycles. The topological polar surface area (TPSA) is 88.4 Å². The normalized spacial score (nSPS) is 11.3. The molecule has 0 aliphatic rings. The van der Waals surface area contributed by atoms with Crippen LogP contribution in [0, 0.1) is 17.2 Å². The van der Waals surface area contributed by atoms with E-state index in [1.54, 1.807) is 18.2 Å².